The van der Waals surface area contributed by atoms with Gasteiger partial charge >= 0.3 is 6.09 Å². The number of guanidine groups is 1. The van der Waals surface area contributed by atoms with Crippen LogP contribution >= 0.6 is 0 Å². The molecule has 13 N–H and O–H groups in total. The summed E-state index contributed by atoms with van der Waals surface area (Å²) in [5.74, 6) is -0.895. The number of nitrogens with two attached hydrogens (primary N) is 3. The summed E-state index contributed by atoms with van der Waals surface area (Å²) >= 11 is 0. The van der Waals surface area contributed by atoms with Crippen molar-refractivity contribution in [3.8, 4) is 0 Å². The van der Waals surface area contributed by atoms with E-state index in [1.165, 1.54) is 0 Å². The molecule has 2 saturated heterocycles. The molecule has 4 unspecified atom stereocenters. The molecule has 35 heavy (non-hydrogen) atoms. The summed E-state index contributed by atoms with van der Waals surface area (Å²) in [5.41, 5.74) is 16.5. The number of carbonyl (C=O) groups excluding carboxylic acids is 3. The fourth-order valence-electron chi connectivity index (χ4n) is 4.11. The Labute approximate surface area is 200 Å². The second-order valence-corrected chi connectivity index (χ2v) is 8.45. The highest BCUT2D eigenvalue weighted by Crippen LogP contribution is 2.24. The first-order valence-electron chi connectivity index (χ1n) is 11.1. The maximum Gasteiger partial charge on any atom is 0.404 e. The number of nitrogens with one attached hydrogen (secondary N) is 4. The van der Waals surface area contributed by atoms with Crippen LogP contribution in [0.15, 0.2) is 4.99 Å². The van der Waals surface area contributed by atoms with Crippen molar-refractivity contribution in [1.29, 1.82) is 0 Å². The van der Waals surface area contributed by atoms with Crippen LogP contribution in [0.1, 0.15) is 19.3 Å². The molecule has 8 atom stereocenters. The molecule has 17 nitrogen and oxygen atoms in total. The Morgan fingerprint density at radius 2 is 2.14 bits per heavy atom. The van der Waals surface area contributed by atoms with Gasteiger partial charge in [0.1, 0.15) is 24.3 Å². The lowest BCUT2D eigenvalue weighted by atomic mass is 9.95. The number of ether oxygens (including phenoxy) is 2. The van der Waals surface area contributed by atoms with E-state index in [0.717, 1.165) is 5.06 Å². The first-order chi connectivity index (χ1) is 16.6. The van der Waals surface area contributed by atoms with Crippen LogP contribution in [-0.4, -0.2) is 113 Å². The van der Waals surface area contributed by atoms with E-state index in [2.05, 4.69) is 26.3 Å². The number of primary amides is 1. The third-order valence-corrected chi connectivity index (χ3v) is 5.84. The number of hydroxylamine groups is 2. The Morgan fingerprint density at radius 3 is 2.77 bits per heavy atom. The van der Waals surface area contributed by atoms with Gasteiger partial charge in [-0.15, -0.1) is 5.06 Å². The second-order valence-electron chi connectivity index (χ2n) is 8.45. The minimum Gasteiger partial charge on any atom is -0.441 e. The van der Waals surface area contributed by atoms with Gasteiger partial charge in [-0.05, 0) is 19.4 Å². The van der Waals surface area contributed by atoms with E-state index >= 15 is 0 Å². The summed E-state index contributed by atoms with van der Waals surface area (Å²) < 4.78 is 10.7. The smallest absolute Gasteiger partial charge is 0.404 e. The molecule has 0 aliphatic carbocycles. The lowest BCUT2D eigenvalue weighted by molar-refractivity contribution is -0.198. The Hall–Kier alpha value is -2.80. The topological polar surface area (TPSA) is 272 Å². The predicted octanol–water partition coefficient (Wildman–Crippen LogP) is -5.51. The molecular formula is C18H33N9O8. The van der Waals surface area contributed by atoms with Crippen molar-refractivity contribution in [1.82, 2.24) is 26.3 Å². The summed E-state index contributed by atoms with van der Waals surface area (Å²) in [6.07, 6.45) is -6.45. The maximum absolute atomic E-state index is 12.6. The molecule has 3 rings (SSSR count). The lowest BCUT2D eigenvalue weighted by Gasteiger charge is -2.44. The van der Waals surface area contributed by atoms with Crippen LogP contribution < -0.4 is 38.5 Å². The largest absolute Gasteiger partial charge is 0.441 e. The number of aliphatic imine (C=N–C) groups is 1. The molecule has 2 fully saturated rings. The van der Waals surface area contributed by atoms with Gasteiger partial charge in [0.2, 0.25) is 11.8 Å². The molecule has 17 heteroatoms. The molecule has 0 bridgehead atoms. The fourth-order valence-corrected chi connectivity index (χ4v) is 4.11. The molecule has 0 aromatic heterocycles. The molecular weight excluding hydrogens is 470 g/mol. The van der Waals surface area contributed by atoms with Crippen molar-refractivity contribution in [2.45, 2.75) is 68.1 Å². The highest BCUT2D eigenvalue weighted by atomic mass is 16.6. The van der Waals surface area contributed by atoms with E-state index in [0.29, 0.717) is 19.4 Å². The van der Waals surface area contributed by atoms with E-state index in [1.54, 1.807) is 0 Å². The molecule has 0 aromatic rings. The van der Waals surface area contributed by atoms with Gasteiger partial charge in [0.25, 0.3) is 0 Å². The first kappa shape index (κ1) is 26.8. The fraction of sp³-hybridized carbons (Fsp3) is 0.778. The molecule has 3 amide bonds. The minimum absolute atomic E-state index is 0.0261. The average molecular weight is 504 g/mol. The number of aliphatic hydroxyl groups is 2. The number of rotatable bonds is 9. The van der Waals surface area contributed by atoms with Crippen LogP contribution in [0.2, 0.25) is 0 Å². The zero-order valence-corrected chi connectivity index (χ0v) is 18.9. The van der Waals surface area contributed by atoms with E-state index in [1.807, 2.05) is 0 Å². The summed E-state index contributed by atoms with van der Waals surface area (Å²) in [7, 11) is 0. The normalized spacial score (nSPS) is 33.6. The standard InChI is InChI=1S/C18H33N9O8/c19-3-1-2-7(20)4-9(29)23-10-12(30)13(35-17(21)32)8(5-28)34-16(10)26-18-24-11-14(25-18)27(33)6-22-15(11)31/h7-8,10-14,16,28,30,33H,1-6,19-20H2,(H2,21,32)(H,22,31)(H,23,29)(H2,24,25,26)/t7?,8-,10?,11?,12+,13+,14?,16-/m1/s1. The summed E-state index contributed by atoms with van der Waals surface area (Å²) in [6, 6.07) is -2.60. The number of hydrogen-bond acceptors (Lipinski definition) is 14. The monoisotopic (exact) mass is 503 g/mol. The first-order valence-corrected chi connectivity index (χ1v) is 11.1. The van der Waals surface area contributed by atoms with Crippen molar-refractivity contribution in [3.05, 3.63) is 0 Å². The third-order valence-electron chi connectivity index (χ3n) is 5.84. The number of amides is 3. The molecule has 0 saturated carbocycles. The van der Waals surface area contributed by atoms with Crippen molar-refractivity contribution in [2.75, 3.05) is 19.8 Å². The van der Waals surface area contributed by atoms with Crippen LogP contribution in [0.5, 0.6) is 0 Å². The van der Waals surface area contributed by atoms with Crippen molar-refractivity contribution >= 4 is 23.9 Å². The average Bonchev–Trinajstić information content (AvgIpc) is 3.24. The number of hydrogen-bond donors (Lipinski definition) is 10. The van der Waals surface area contributed by atoms with Crippen LogP contribution in [-0.2, 0) is 19.1 Å². The number of aliphatic hydroxyl groups excluding tert-OH is 2. The molecule has 0 aromatic carbocycles. The molecule has 0 spiro atoms. The summed E-state index contributed by atoms with van der Waals surface area (Å²) in [5, 5.41) is 42.2. The van der Waals surface area contributed by atoms with E-state index in [9.17, 15) is 29.8 Å². The maximum atomic E-state index is 12.6. The predicted molar refractivity (Wildman–Crippen MR) is 117 cm³/mol. The zero-order chi connectivity index (χ0) is 25.7. The summed E-state index contributed by atoms with van der Waals surface area (Å²) in [6.45, 7) is -0.361. The van der Waals surface area contributed by atoms with Gasteiger partial charge in [-0.2, -0.15) is 0 Å². The van der Waals surface area contributed by atoms with Crippen LogP contribution in [0.25, 0.3) is 0 Å². The Bertz CT molecular complexity index is 817. The molecule has 3 aliphatic rings. The van der Waals surface area contributed by atoms with Gasteiger partial charge in [-0.25, -0.2) is 9.79 Å². The quantitative estimate of drug-likeness (QED) is 0.141. The Balaban J connectivity index is 1.77. The number of carbonyl (C=O) groups is 3. The van der Waals surface area contributed by atoms with Gasteiger partial charge in [-0.1, -0.05) is 0 Å². The number of nitrogens with zero attached hydrogens (tertiary/aromatic N) is 2. The van der Waals surface area contributed by atoms with Crippen LogP contribution in [0, 0.1) is 0 Å². The second kappa shape index (κ2) is 11.8. The van der Waals surface area contributed by atoms with Gasteiger partial charge in [0, 0.05) is 12.5 Å². The van der Waals surface area contributed by atoms with E-state index in [-0.39, 0.29) is 19.0 Å². The highest BCUT2D eigenvalue weighted by Gasteiger charge is 2.49. The SMILES string of the molecule is NCCCC(N)CC(=O)NC1[C@H](NC2=NC3C(N2)C(=O)NCN3O)O[C@H](CO)[C@H](OC(N)=O)[C@H]1O. The van der Waals surface area contributed by atoms with E-state index < -0.39 is 73.3 Å². The van der Waals surface area contributed by atoms with Gasteiger partial charge in [0.15, 0.2) is 24.5 Å². The third kappa shape index (κ3) is 6.45. The molecule has 3 aliphatic heterocycles. The van der Waals surface area contributed by atoms with Crippen molar-refractivity contribution in [3.63, 3.8) is 0 Å². The summed E-state index contributed by atoms with van der Waals surface area (Å²) in [4.78, 5) is 40.3. The van der Waals surface area contributed by atoms with Crippen molar-refractivity contribution < 1.29 is 39.3 Å². The molecule has 0 radical (unpaired) electrons. The van der Waals surface area contributed by atoms with Crippen molar-refractivity contribution in [2.24, 2.45) is 22.2 Å². The minimum atomic E-state index is -1.56. The van der Waals surface area contributed by atoms with Gasteiger partial charge < -0.3 is 63.4 Å². The van der Waals surface area contributed by atoms with E-state index in [4.69, 9.17) is 26.7 Å². The Kier molecular flexibility index (Phi) is 9.00. The van der Waals surface area contributed by atoms with Crippen LogP contribution in [0.4, 0.5) is 4.79 Å². The Morgan fingerprint density at radius 1 is 1.40 bits per heavy atom. The zero-order valence-electron chi connectivity index (χ0n) is 18.9. The van der Waals surface area contributed by atoms with Gasteiger partial charge in [0.05, 0.1) is 13.3 Å². The molecule has 198 valence electrons. The number of fused-ring (bicyclic) bond motifs is 1. The molecule has 3 heterocycles. The lowest BCUT2D eigenvalue weighted by Crippen LogP contribution is -2.70. The van der Waals surface area contributed by atoms with Crippen LogP contribution in [0.3, 0.4) is 0 Å². The highest BCUT2D eigenvalue weighted by molar-refractivity contribution is 5.93. The van der Waals surface area contributed by atoms with Gasteiger partial charge in [-0.3, -0.25) is 9.59 Å².